The summed E-state index contributed by atoms with van der Waals surface area (Å²) in [7, 11) is 0. The highest BCUT2D eigenvalue weighted by Crippen LogP contribution is 2.07. The highest BCUT2D eigenvalue weighted by atomic mass is 16.4. The van der Waals surface area contributed by atoms with Gasteiger partial charge in [-0.15, -0.1) is 0 Å². The van der Waals surface area contributed by atoms with E-state index >= 15 is 0 Å². The van der Waals surface area contributed by atoms with Crippen molar-refractivity contribution in [2.75, 3.05) is 0 Å². The summed E-state index contributed by atoms with van der Waals surface area (Å²) >= 11 is 0. The third-order valence-electron chi connectivity index (χ3n) is 1.69. The summed E-state index contributed by atoms with van der Waals surface area (Å²) in [4.78, 5) is 10.5. The molecule has 1 heterocycles. The van der Waals surface area contributed by atoms with Crippen LogP contribution in [0.25, 0.3) is 0 Å². The molecule has 0 spiro atoms. The summed E-state index contributed by atoms with van der Waals surface area (Å²) in [5.41, 5.74) is -0.834. The zero-order chi connectivity index (χ0) is 10.1. The van der Waals surface area contributed by atoms with Crippen molar-refractivity contribution in [1.29, 1.82) is 0 Å². The highest BCUT2D eigenvalue weighted by molar-refractivity contribution is 5.76. The van der Waals surface area contributed by atoms with E-state index in [-0.39, 0.29) is 6.54 Å². The van der Waals surface area contributed by atoms with Gasteiger partial charge in [0.25, 0.3) is 0 Å². The van der Waals surface area contributed by atoms with E-state index in [1.54, 1.807) is 12.4 Å². The minimum atomic E-state index is -1.77. The van der Waals surface area contributed by atoms with Crippen LogP contribution in [0.5, 0.6) is 0 Å². The van der Waals surface area contributed by atoms with Gasteiger partial charge in [-0.25, -0.2) is 4.79 Å². The summed E-state index contributed by atoms with van der Waals surface area (Å²) in [6.45, 7) is 3.04. The molecule has 0 radical (unpaired) electrons. The van der Waals surface area contributed by atoms with Crippen molar-refractivity contribution >= 4 is 5.97 Å². The molecule has 1 aromatic rings. The lowest BCUT2D eigenvalue weighted by molar-refractivity contribution is -0.158. The number of carboxylic acid groups (broad SMARTS) is 1. The maximum atomic E-state index is 10.5. The van der Waals surface area contributed by atoms with Crippen LogP contribution in [0.3, 0.4) is 0 Å². The lowest BCUT2D eigenvalue weighted by Crippen LogP contribution is -2.39. The molecule has 1 atom stereocenters. The van der Waals surface area contributed by atoms with Gasteiger partial charge in [0, 0.05) is 6.20 Å². The van der Waals surface area contributed by atoms with Gasteiger partial charge < -0.3 is 10.2 Å². The van der Waals surface area contributed by atoms with Gasteiger partial charge in [0.1, 0.15) is 0 Å². The van der Waals surface area contributed by atoms with Gasteiger partial charge in [-0.3, -0.25) is 4.68 Å². The van der Waals surface area contributed by atoms with Gasteiger partial charge in [0.15, 0.2) is 5.60 Å². The van der Waals surface area contributed by atoms with E-state index in [2.05, 4.69) is 5.10 Å². The molecule has 1 unspecified atom stereocenters. The molecule has 13 heavy (non-hydrogen) atoms. The predicted molar refractivity (Wildman–Crippen MR) is 45.2 cm³/mol. The van der Waals surface area contributed by atoms with E-state index in [1.165, 1.54) is 11.6 Å². The molecule has 5 heteroatoms. The summed E-state index contributed by atoms with van der Waals surface area (Å²) in [5, 5.41) is 21.9. The first-order valence-electron chi connectivity index (χ1n) is 3.86. The van der Waals surface area contributed by atoms with Crippen molar-refractivity contribution in [2.45, 2.75) is 26.0 Å². The third-order valence-corrected chi connectivity index (χ3v) is 1.69. The van der Waals surface area contributed by atoms with E-state index in [9.17, 15) is 9.90 Å². The van der Waals surface area contributed by atoms with Crippen LogP contribution in [0.15, 0.2) is 12.4 Å². The quantitative estimate of drug-likeness (QED) is 0.694. The van der Waals surface area contributed by atoms with Crippen LogP contribution in [0.4, 0.5) is 0 Å². The van der Waals surface area contributed by atoms with Gasteiger partial charge in [-0.2, -0.15) is 5.10 Å². The van der Waals surface area contributed by atoms with E-state index in [4.69, 9.17) is 5.11 Å². The summed E-state index contributed by atoms with van der Waals surface area (Å²) in [6.07, 6.45) is 3.29. The van der Waals surface area contributed by atoms with Crippen LogP contribution in [0.2, 0.25) is 0 Å². The van der Waals surface area contributed by atoms with Gasteiger partial charge in [0.2, 0.25) is 0 Å². The molecule has 72 valence electrons. The highest BCUT2D eigenvalue weighted by Gasteiger charge is 2.30. The number of hydrogen-bond acceptors (Lipinski definition) is 3. The SMILES string of the molecule is Cc1cnn(CC(C)(O)C(=O)O)c1. The Kier molecular flexibility index (Phi) is 2.38. The van der Waals surface area contributed by atoms with Crippen molar-refractivity contribution in [3.05, 3.63) is 18.0 Å². The maximum absolute atomic E-state index is 10.5. The first kappa shape index (κ1) is 9.73. The Bertz CT molecular complexity index is 317. The van der Waals surface area contributed by atoms with Crippen molar-refractivity contribution in [3.63, 3.8) is 0 Å². The molecular formula is C8H12N2O3. The first-order chi connectivity index (χ1) is 5.92. The fraction of sp³-hybridized carbons (Fsp3) is 0.500. The number of aliphatic carboxylic acids is 1. The fourth-order valence-electron chi connectivity index (χ4n) is 0.936. The lowest BCUT2D eigenvalue weighted by Gasteiger charge is -2.17. The Labute approximate surface area is 75.6 Å². The van der Waals surface area contributed by atoms with Crippen molar-refractivity contribution < 1.29 is 15.0 Å². The molecule has 0 saturated heterocycles. The number of nitrogens with zero attached hydrogens (tertiary/aromatic N) is 2. The first-order valence-corrected chi connectivity index (χ1v) is 3.86. The van der Waals surface area contributed by atoms with Crippen LogP contribution < -0.4 is 0 Å². The number of carbonyl (C=O) groups is 1. The molecule has 0 bridgehead atoms. The standard InChI is InChI=1S/C8H12N2O3/c1-6-3-9-10(4-6)5-8(2,13)7(11)12/h3-4,13H,5H2,1-2H3,(H,11,12). The molecule has 0 amide bonds. The third kappa shape index (κ3) is 2.29. The van der Waals surface area contributed by atoms with E-state index in [0.717, 1.165) is 5.56 Å². The van der Waals surface area contributed by atoms with Gasteiger partial charge in [0.05, 0.1) is 12.7 Å². The molecule has 0 saturated carbocycles. The van der Waals surface area contributed by atoms with Gasteiger partial charge in [-0.05, 0) is 19.4 Å². The van der Waals surface area contributed by atoms with Crippen LogP contribution in [0, 0.1) is 6.92 Å². The van der Waals surface area contributed by atoms with Crippen molar-refractivity contribution in [3.8, 4) is 0 Å². The fourth-order valence-corrected chi connectivity index (χ4v) is 0.936. The molecule has 2 N–H and O–H groups in total. The van der Waals surface area contributed by atoms with E-state index < -0.39 is 11.6 Å². The second-order valence-electron chi connectivity index (χ2n) is 3.29. The minimum Gasteiger partial charge on any atom is -0.479 e. The Morgan fingerprint density at radius 3 is 2.77 bits per heavy atom. The number of aliphatic hydroxyl groups is 1. The average Bonchev–Trinajstić information content (AvgIpc) is 2.34. The van der Waals surface area contributed by atoms with E-state index in [0.29, 0.717) is 0 Å². The largest absolute Gasteiger partial charge is 0.479 e. The van der Waals surface area contributed by atoms with Crippen LogP contribution in [-0.2, 0) is 11.3 Å². The van der Waals surface area contributed by atoms with Crippen LogP contribution >= 0.6 is 0 Å². The second-order valence-corrected chi connectivity index (χ2v) is 3.29. The van der Waals surface area contributed by atoms with Crippen LogP contribution in [0.1, 0.15) is 12.5 Å². The zero-order valence-corrected chi connectivity index (χ0v) is 7.56. The molecule has 0 aliphatic rings. The van der Waals surface area contributed by atoms with Gasteiger partial charge in [-0.1, -0.05) is 0 Å². The normalized spacial score (nSPS) is 15.3. The summed E-state index contributed by atoms with van der Waals surface area (Å²) in [6, 6.07) is 0. The Balaban J connectivity index is 2.74. The van der Waals surface area contributed by atoms with Crippen LogP contribution in [-0.4, -0.2) is 31.6 Å². The Morgan fingerprint density at radius 2 is 2.38 bits per heavy atom. The molecule has 0 aliphatic heterocycles. The molecule has 0 aromatic carbocycles. The van der Waals surface area contributed by atoms with E-state index in [1.807, 2.05) is 6.92 Å². The molecule has 5 nitrogen and oxygen atoms in total. The number of rotatable bonds is 3. The topological polar surface area (TPSA) is 75.3 Å². The van der Waals surface area contributed by atoms with Gasteiger partial charge >= 0.3 is 5.97 Å². The molecule has 0 fully saturated rings. The number of aromatic nitrogens is 2. The number of carboxylic acids is 1. The molecular weight excluding hydrogens is 172 g/mol. The molecule has 1 aromatic heterocycles. The maximum Gasteiger partial charge on any atom is 0.337 e. The number of hydrogen-bond donors (Lipinski definition) is 2. The zero-order valence-electron chi connectivity index (χ0n) is 7.56. The second kappa shape index (κ2) is 3.18. The predicted octanol–water partition coefficient (Wildman–Crippen LogP) is 0.0271. The van der Waals surface area contributed by atoms with Crippen molar-refractivity contribution in [1.82, 2.24) is 9.78 Å². The smallest absolute Gasteiger partial charge is 0.337 e. The summed E-state index contributed by atoms with van der Waals surface area (Å²) < 4.78 is 1.41. The number of aryl methyl sites for hydroxylation is 1. The molecule has 0 aliphatic carbocycles. The van der Waals surface area contributed by atoms with Crippen molar-refractivity contribution in [2.24, 2.45) is 0 Å². The monoisotopic (exact) mass is 184 g/mol. The summed E-state index contributed by atoms with van der Waals surface area (Å²) in [5.74, 6) is -1.25. The molecule has 1 rings (SSSR count). The Hall–Kier alpha value is -1.36. The lowest BCUT2D eigenvalue weighted by atomic mass is 10.1. The minimum absolute atomic E-state index is 0.0455. The Morgan fingerprint density at radius 1 is 1.77 bits per heavy atom. The average molecular weight is 184 g/mol.